The van der Waals surface area contributed by atoms with E-state index in [-0.39, 0.29) is 10.7 Å². The van der Waals surface area contributed by atoms with E-state index in [0.717, 1.165) is 22.3 Å². The molecule has 0 atom stereocenters. The minimum Gasteiger partial charge on any atom is -0.308 e. The summed E-state index contributed by atoms with van der Waals surface area (Å²) in [5.41, 5.74) is 18.2. The van der Waals surface area contributed by atoms with Gasteiger partial charge in [0.1, 0.15) is 0 Å². The highest BCUT2D eigenvalue weighted by Gasteiger charge is 2.41. The molecule has 0 saturated carbocycles. The summed E-state index contributed by atoms with van der Waals surface area (Å²) in [5.74, 6) is 1.10. The van der Waals surface area contributed by atoms with Crippen LogP contribution in [0.5, 0.6) is 0 Å². The summed E-state index contributed by atoms with van der Waals surface area (Å²) in [6.07, 6.45) is 0. The van der Waals surface area contributed by atoms with E-state index in [4.69, 9.17) is 16.6 Å². The molecule has 250 valence electrons. The number of hydrogen-bond acceptors (Lipinski definition) is 3. The number of benzene rings is 7. The minimum absolute atomic E-state index is 0.0882. The quantitative estimate of drug-likeness (QED) is 0.184. The molecule has 1 aliphatic heterocycles. The molecule has 0 amide bonds. The van der Waals surface area contributed by atoms with Gasteiger partial charge in [0.15, 0.2) is 11.6 Å². The fourth-order valence-corrected chi connectivity index (χ4v) is 9.06. The van der Waals surface area contributed by atoms with Crippen LogP contribution < -0.4 is 0 Å². The molecule has 1 aliphatic carbocycles. The summed E-state index contributed by atoms with van der Waals surface area (Å²) in [6.45, 7) is 4.75. The normalized spacial score (nSPS) is 13.3. The zero-order chi connectivity index (χ0) is 35.4. The van der Waals surface area contributed by atoms with Crippen LogP contribution in [0, 0.1) is 0 Å². The van der Waals surface area contributed by atoms with E-state index < -0.39 is 0 Å². The monoisotopic (exact) mass is 698 g/mol. The van der Waals surface area contributed by atoms with E-state index in [1.807, 2.05) is 30.3 Å². The van der Waals surface area contributed by atoms with Gasteiger partial charge in [0.25, 0.3) is 0 Å². The van der Waals surface area contributed by atoms with Gasteiger partial charge in [-0.05, 0) is 74.3 Å². The van der Waals surface area contributed by atoms with Crippen molar-refractivity contribution in [1.29, 1.82) is 0 Å². The molecule has 53 heavy (non-hydrogen) atoms. The molecule has 0 unspecified atom stereocenters. The van der Waals surface area contributed by atoms with Gasteiger partial charge in [-0.15, -0.1) is 0 Å². The largest absolute Gasteiger partial charge is 0.308 e. The van der Waals surface area contributed by atoms with E-state index in [2.05, 4.69) is 150 Å². The van der Waals surface area contributed by atoms with Crippen molar-refractivity contribution < 1.29 is 0 Å². The Morgan fingerprint density at radius 2 is 1.11 bits per heavy atom. The number of aromatic nitrogens is 4. The summed E-state index contributed by atoms with van der Waals surface area (Å²) in [7, 11) is 0. The van der Waals surface area contributed by atoms with Crippen LogP contribution in [-0.2, 0) is 5.41 Å². The highest BCUT2D eigenvalue weighted by Crippen LogP contribution is 2.58. The van der Waals surface area contributed by atoms with E-state index in [1.165, 1.54) is 72.0 Å². The molecular formula is C48H31ClN4. The van der Waals surface area contributed by atoms with Crippen molar-refractivity contribution in [3.63, 3.8) is 0 Å². The van der Waals surface area contributed by atoms with Gasteiger partial charge in [0.2, 0.25) is 5.28 Å². The Kier molecular flexibility index (Phi) is 6.33. The summed E-state index contributed by atoms with van der Waals surface area (Å²) < 4.78 is 2.53. The van der Waals surface area contributed by atoms with Crippen LogP contribution in [0.4, 0.5) is 0 Å². The van der Waals surface area contributed by atoms with Crippen LogP contribution in [0.1, 0.15) is 25.0 Å². The maximum absolute atomic E-state index is 6.37. The Morgan fingerprint density at radius 1 is 0.491 bits per heavy atom. The number of rotatable bonds is 4. The van der Waals surface area contributed by atoms with Gasteiger partial charge in [-0.2, -0.15) is 9.97 Å². The fraction of sp³-hybridized carbons (Fsp3) is 0.0625. The molecule has 0 radical (unpaired) electrons. The van der Waals surface area contributed by atoms with E-state index >= 15 is 0 Å². The predicted octanol–water partition coefficient (Wildman–Crippen LogP) is 12.6. The lowest BCUT2D eigenvalue weighted by molar-refractivity contribution is 0.661. The Labute approximate surface area is 312 Å². The summed E-state index contributed by atoms with van der Waals surface area (Å²) in [4.78, 5) is 13.6. The van der Waals surface area contributed by atoms with Gasteiger partial charge >= 0.3 is 0 Å². The standard InChI is InChI=1S/C48H31ClN4/c1-48(2)37-18-9-17-35-34-15-6-7-19-39(34)53-40-20-10-16-33(41(40)36-25-26-38(48)43(42(35)37)44(36)53)32-14-8-13-31(27-32)28-21-23-30(24-22-28)46-50-45(51-47(49)52-46)29-11-4-3-5-12-29/h3-27H,1-2H3. The Hall–Kier alpha value is -6.36. The molecule has 3 heterocycles. The minimum atomic E-state index is -0.0882. The maximum atomic E-state index is 6.37. The second kappa shape index (κ2) is 11.1. The van der Waals surface area contributed by atoms with Gasteiger partial charge in [0, 0.05) is 38.4 Å². The van der Waals surface area contributed by atoms with Gasteiger partial charge in [-0.25, -0.2) is 4.98 Å². The molecule has 5 heteroatoms. The first kappa shape index (κ1) is 30.3. The van der Waals surface area contributed by atoms with Crippen LogP contribution in [0.15, 0.2) is 152 Å². The molecule has 0 spiro atoms. The second-order valence-electron chi connectivity index (χ2n) is 14.6. The number of fused-ring (bicyclic) bond motifs is 6. The van der Waals surface area contributed by atoms with E-state index in [0.29, 0.717) is 11.6 Å². The molecule has 9 aromatic rings. The third kappa shape index (κ3) is 4.33. The number of hydrogen-bond donors (Lipinski definition) is 0. The first-order valence-electron chi connectivity index (χ1n) is 18.0. The summed E-state index contributed by atoms with van der Waals surface area (Å²) in [5, 5.41) is 2.73. The lowest BCUT2D eigenvalue weighted by atomic mass is 9.81. The molecule has 0 bridgehead atoms. The van der Waals surface area contributed by atoms with Gasteiger partial charge in [-0.3, -0.25) is 0 Å². The molecule has 2 aliphatic rings. The van der Waals surface area contributed by atoms with Crippen molar-refractivity contribution in [1.82, 2.24) is 19.5 Å². The van der Waals surface area contributed by atoms with Crippen molar-refractivity contribution in [3.05, 3.63) is 168 Å². The predicted molar refractivity (Wildman–Crippen MR) is 217 cm³/mol. The Morgan fingerprint density at radius 3 is 1.94 bits per heavy atom. The molecule has 4 nitrogen and oxygen atoms in total. The smallest absolute Gasteiger partial charge is 0.226 e. The lowest BCUT2D eigenvalue weighted by Crippen LogP contribution is -2.15. The van der Waals surface area contributed by atoms with Crippen molar-refractivity contribution in [2.24, 2.45) is 0 Å². The maximum Gasteiger partial charge on any atom is 0.226 e. The number of nitrogens with zero attached hydrogens (tertiary/aromatic N) is 4. The van der Waals surface area contributed by atoms with Gasteiger partial charge in [-0.1, -0.05) is 147 Å². The second-order valence-corrected chi connectivity index (χ2v) is 14.9. The molecule has 11 rings (SSSR count). The van der Waals surface area contributed by atoms with E-state index in [9.17, 15) is 0 Å². The average Bonchev–Trinajstić information content (AvgIpc) is 3.61. The molecule has 7 aromatic carbocycles. The number of halogens is 1. The van der Waals surface area contributed by atoms with Crippen LogP contribution in [0.3, 0.4) is 0 Å². The highest BCUT2D eigenvalue weighted by molar-refractivity contribution is 6.28. The molecule has 0 fully saturated rings. The molecular weight excluding hydrogens is 668 g/mol. The average molecular weight is 699 g/mol. The summed E-state index contributed by atoms with van der Waals surface area (Å²) in [6, 6.07) is 54.4. The zero-order valence-corrected chi connectivity index (χ0v) is 29.9. The SMILES string of the molecule is CC1(C)c2cccc3c2-c2c1ccc1c4c(-c5cccc(-c6ccc(-c7nc(Cl)nc(-c8ccccc8)n7)cc6)c5)cccc4n(c21)-c1ccccc1-3. The van der Waals surface area contributed by atoms with Gasteiger partial charge in [0.05, 0.1) is 16.7 Å². The Balaban J connectivity index is 1.06. The van der Waals surface area contributed by atoms with Crippen molar-refractivity contribution >= 4 is 33.4 Å². The highest BCUT2D eigenvalue weighted by atomic mass is 35.5. The lowest BCUT2D eigenvalue weighted by Gasteiger charge is -2.22. The third-order valence-electron chi connectivity index (χ3n) is 11.3. The van der Waals surface area contributed by atoms with Crippen molar-refractivity contribution in [2.75, 3.05) is 0 Å². The van der Waals surface area contributed by atoms with Gasteiger partial charge < -0.3 is 4.57 Å². The first-order chi connectivity index (χ1) is 26.0. The van der Waals surface area contributed by atoms with Crippen LogP contribution >= 0.6 is 11.6 Å². The zero-order valence-electron chi connectivity index (χ0n) is 29.1. The van der Waals surface area contributed by atoms with Crippen LogP contribution in [-0.4, -0.2) is 19.5 Å². The molecule has 0 saturated heterocycles. The Bertz CT molecular complexity index is 2980. The molecule has 2 aromatic heterocycles. The van der Waals surface area contributed by atoms with Crippen LogP contribution in [0.25, 0.3) is 94.8 Å². The summed E-state index contributed by atoms with van der Waals surface area (Å²) >= 11 is 6.37. The van der Waals surface area contributed by atoms with E-state index in [1.54, 1.807) is 0 Å². The third-order valence-corrected chi connectivity index (χ3v) is 11.5. The molecule has 0 N–H and O–H groups in total. The number of para-hydroxylation sites is 1. The van der Waals surface area contributed by atoms with Crippen molar-refractivity contribution in [3.8, 4) is 73.0 Å². The first-order valence-corrected chi connectivity index (χ1v) is 18.4. The van der Waals surface area contributed by atoms with Crippen molar-refractivity contribution in [2.45, 2.75) is 19.3 Å². The fourth-order valence-electron chi connectivity index (χ4n) is 8.90. The van der Waals surface area contributed by atoms with Crippen LogP contribution in [0.2, 0.25) is 5.28 Å². The topological polar surface area (TPSA) is 43.6 Å².